The van der Waals surface area contributed by atoms with Gasteiger partial charge >= 0.3 is 5.97 Å². The Labute approximate surface area is 100.0 Å². The molecule has 0 amide bonds. The molecule has 16 heavy (non-hydrogen) atoms. The average Bonchev–Trinajstić information content (AvgIpc) is 2.27. The maximum atomic E-state index is 11.4. The number of benzene rings is 1. The molecule has 3 nitrogen and oxygen atoms in total. The highest BCUT2D eigenvalue weighted by molar-refractivity contribution is 6.31. The lowest BCUT2D eigenvalue weighted by Gasteiger charge is -2.29. The van der Waals surface area contributed by atoms with Crippen LogP contribution in [0.5, 0.6) is 0 Å². The number of aliphatic hydroxyl groups is 1. The summed E-state index contributed by atoms with van der Waals surface area (Å²) in [5.41, 5.74) is -0.819. The Morgan fingerprint density at radius 2 is 2.06 bits per heavy atom. The lowest BCUT2D eigenvalue weighted by molar-refractivity contribution is -0.154. The van der Waals surface area contributed by atoms with Crippen molar-refractivity contribution in [2.45, 2.75) is 19.4 Å². The van der Waals surface area contributed by atoms with Crippen molar-refractivity contribution in [1.29, 1.82) is 0 Å². The molecular weight excluding hydrogens is 228 g/mol. The molecule has 0 aliphatic heterocycles. The first kappa shape index (κ1) is 13.0. The summed E-state index contributed by atoms with van der Waals surface area (Å²) in [7, 11) is 1.29. The van der Waals surface area contributed by atoms with E-state index in [0.717, 1.165) is 0 Å². The number of methoxy groups -OCH3 is 1. The number of ether oxygens (including phenoxy) is 1. The van der Waals surface area contributed by atoms with Crippen molar-refractivity contribution in [3.63, 3.8) is 0 Å². The van der Waals surface area contributed by atoms with Crippen molar-refractivity contribution < 1.29 is 14.6 Å². The Morgan fingerprint density at radius 1 is 1.50 bits per heavy atom. The van der Waals surface area contributed by atoms with Crippen molar-refractivity contribution >= 4 is 17.6 Å². The van der Waals surface area contributed by atoms with Gasteiger partial charge < -0.3 is 9.84 Å². The minimum atomic E-state index is -1.34. The number of halogens is 1. The monoisotopic (exact) mass is 242 g/mol. The van der Waals surface area contributed by atoms with Crippen LogP contribution in [0, 0.1) is 5.92 Å². The Hall–Kier alpha value is -1.06. The number of hydrogen-bond acceptors (Lipinski definition) is 3. The largest absolute Gasteiger partial charge is 0.469 e. The molecule has 0 bridgehead atoms. The van der Waals surface area contributed by atoms with Crippen molar-refractivity contribution in [2.75, 3.05) is 7.11 Å². The topological polar surface area (TPSA) is 46.5 Å². The van der Waals surface area contributed by atoms with Crippen LogP contribution in [0.3, 0.4) is 0 Å². The molecule has 1 N–H and O–H groups in total. The van der Waals surface area contributed by atoms with E-state index >= 15 is 0 Å². The van der Waals surface area contributed by atoms with Crippen LogP contribution in [0.15, 0.2) is 24.3 Å². The molecule has 4 heteroatoms. The normalized spacial score (nSPS) is 16.3. The zero-order chi connectivity index (χ0) is 12.3. The zero-order valence-electron chi connectivity index (χ0n) is 9.53. The van der Waals surface area contributed by atoms with Gasteiger partial charge in [-0.25, -0.2) is 0 Å². The molecule has 0 aromatic heterocycles. The van der Waals surface area contributed by atoms with E-state index in [0.29, 0.717) is 10.6 Å². The Balaban J connectivity index is 3.11. The second kappa shape index (κ2) is 4.85. The first-order valence-corrected chi connectivity index (χ1v) is 5.34. The van der Waals surface area contributed by atoms with Crippen LogP contribution in [-0.2, 0) is 15.1 Å². The predicted octanol–water partition coefficient (Wildman–Crippen LogP) is 2.36. The van der Waals surface area contributed by atoms with Gasteiger partial charge in [-0.3, -0.25) is 4.79 Å². The molecular formula is C12H15ClO3. The second-order valence-corrected chi connectivity index (χ2v) is 4.28. The van der Waals surface area contributed by atoms with E-state index in [4.69, 9.17) is 11.6 Å². The fourth-order valence-electron chi connectivity index (χ4n) is 1.51. The van der Waals surface area contributed by atoms with E-state index in [2.05, 4.69) is 4.74 Å². The summed E-state index contributed by atoms with van der Waals surface area (Å²) in [6.45, 7) is 3.16. The van der Waals surface area contributed by atoms with Gasteiger partial charge in [-0.05, 0) is 19.9 Å². The molecule has 1 aromatic carbocycles. The van der Waals surface area contributed by atoms with Crippen LogP contribution in [0.1, 0.15) is 19.4 Å². The molecule has 0 fully saturated rings. The number of rotatable bonds is 3. The predicted molar refractivity (Wildman–Crippen MR) is 62.2 cm³/mol. The van der Waals surface area contributed by atoms with Crippen LogP contribution in [0.25, 0.3) is 0 Å². The first-order valence-electron chi connectivity index (χ1n) is 4.96. The quantitative estimate of drug-likeness (QED) is 0.828. The third-order valence-corrected chi connectivity index (χ3v) is 3.15. The fourth-order valence-corrected chi connectivity index (χ4v) is 1.84. The molecule has 0 radical (unpaired) electrons. The summed E-state index contributed by atoms with van der Waals surface area (Å²) < 4.78 is 4.62. The molecule has 0 aliphatic carbocycles. The third-order valence-electron chi connectivity index (χ3n) is 2.82. The van der Waals surface area contributed by atoms with Crippen LogP contribution < -0.4 is 0 Å². The summed E-state index contributed by atoms with van der Waals surface area (Å²) in [5.74, 6) is -1.15. The summed E-state index contributed by atoms with van der Waals surface area (Å²) in [6, 6.07) is 6.90. The molecule has 0 saturated carbocycles. The molecule has 0 aliphatic rings. The minimum Gasteiger partial charge on any atom is -0.469 e. The van der Waals surface area contributed by atoms with Crippen LogP contribution in [0.4, 0.5) is 0 Å². The van der Waals surface area contributed by atoms with Gasteiger partial charge in [-0.15, -0.1) is 0 Å². The lowest BCUT2D eigenvalue weighted by Crippen LogP contribution is -2.36. The van der Waals surface area contributed by atoms with E-state index in [9.17, 15) is 9.90 Å². The molecule has 0 unspecified atom stereocenters. The van der Waals surface area contributed by atoms with Gasteiger partial charge in [-0.1, -0.05) is 29.8 Å². The van der Waals surface area contributed by atoms with Crippen molar-refractivity contribution in [1.82, 2.24) is 0 Å². The van der Waals surface area contributed by atoms with E-state index in [1.165, 1.54) is 7.11 Å². The van der Waals surface area contributed by atoms with Gasteiger partial charge in [0.05, 0.1) is 13.0 Å². The fraction of sp³-hybridized carbons (Fsp3) is 0.417. The summed E-state index contributed by atoms with van der Waals surface area (Å²) in [5, 5.41) is 10.8. The number of carbonyl (C=O) groups excluding carboxylic acids is 1. The third kappa shape index (κ3) is 2.36. The first-order chi connectivity index (χ1) is 7.41. The number of hydrogen-bond donors (Lipinski definition) is 1. The van der Waals surface area contributed by atoms with Crippen LogP contribution in [0.2, 0.25) is 5.02 Å². The molecule has 0 spiro atoms. The molecule has 0 heterocycles. The summed E-state index contributed by atoms with van der Waals surface area (Å²) in [6.07, 6.45) is 0. The van der Waals surface area contributed by atoms with E-state index < -0.39 is 17.5 Å². The van der Waals surface area contributed by atoms with Gasteiger partial charge in [-0.2, -0.15) is 0 Å². The van der Waals surface area contributed by atoms with Crippen molar-refractivity contribution in [2.24, 2.45) is 5.92 Å². The van der Waals surface area contributed by atoms with E-state index in [1.807, 2.05) is 0 Å². The van der Waals surface area contributed by atoms with Gasteiger partial charge in [0.25, 0.3) is 0 Å². The SMILES string of the molecule is COC(=O)[C@H](C)[C@](C)(O)c1ccccc1Cl. The van der Waals surface area contributed by atoms with Gasteiger partial charge in [0.1, 0.15) is 5.60 Å². The van der Waals surface area contributed by atoms with Gasteiger partial charge in [0, 0.05) is 10.6 Å². The number of esters is 1. The smallest absolute Gasteiger partial charge is 0.311 e. The van der Waals surface area contributed by atoms with Crippen molar-refractivity contribution in [3.8, 4) is 0 Å². The molecule has 1 rings (SSSR count). The Morgan fingerprint density at radius 3 is 2.56 bits per heavy atom. The summed E-state index contributed by atoms with van der Waals surface area (Å²) in [4.78, 5) is 11.4. The summed E-state index contributed by atoms with van der Waals surface area (Å²) >= 11 is 5.99. The van der Waals surface area contributed by atoms with Crippen LogP contribution >= 0.6 is 11.6 Å². The van der Waals surface area contributed by atoms with Crippen LogP contribution in [-0.4, -0.2) is 18.2 Å². The maximum Gasteiger partial charge on any atom is 0.311 e. The Kier molecular flexibility index (Phi) is 3.94. The highest BCUT2D eigenvalue weighted by Gasteiger charge is 2.37. The van der Waals surface area contributed by atoms with Gasteiger partial charge in [0.2, 0.25) is 0 Å². The molecule has 1 aromatic rings. The lowest BCUT2D eigenvalue weighted by atomic mass is 9.84. The molecule has 88 valence electrons. The molecule has 0 saturated heterocycles. The second-order valence-electron chi connectivity index (χ2n) is 3.87. The Bertz CT molecular complexity index is 388. The standard InChI is InChI=1S/C12H15ClO3/c1-8(11(14)16-3)12(2,15)9-6-4-5-7-10(9)13/h4-8,15H,1-3H3/t8-,12-/m0/s1. The minimum absolute atomic E-state index is 0.434. The number of carbonyl (C=O) groups is 1. The average molecular weight is 243 g/mol. The molecule has 2 atom stereocenters. The zero-order valence-corrected chi connectivity index (χ0v) is 10.3. The van der Waals surface area contributed by atoms with Gasteiger partial charge in [0.15, 0.2) is 0 Å². The van der Waals surface area contributed by atoms with E-state index in [1.54, 1.807) is 38.1 Å². The highest BCUT2D eigenvalue weighted by Crippen LogP contribution is 2.34. The van der Waals surface area contributed by atoms with E-state index in [-0.39, 0.29) is 0 Å². The maximum absolute atomic E-state index is 11.4. The van der Waals surface area contributed by atoms with Crippen molar-refractivity contribution in [3.05, 3.63) is 34.9 Å². The highest BCUT2D eigenvalue weighted by atomic mass is 35.5.